The second-order valence-electron chi connectivity index (χ2n) is 3.94. The van der Waals surface area contributed by atoms with Gasteiger partial charge >= 0.3 is 0 Å². The Morgan fingerprint density at radius 1 is 1.33 bits per heavy atom. The van der Waals surface area contributed by atoms with Crippen molar-refractivity contribution in [3.63, 3.8) is 0 Å². The third kappa shape index (κ3) is 3.27. The Labute approximate surface area is 97.0 Å². The first-order chi connectivity index (χ1) is 6.47. The van der Waals surface area contributed by atoms with Gasteiger partial charge in [0, 0.05) is 6.54 Å². The van der Waals surface area contributed by atoms with Gasteiger partial charge in [0.2, 0.25) is 11.9 Å². The molecule has 1 aliphatic rings. The Morgan fingerprint density at radius 2 is 1.93 bits per heavy atom. The molecular weight excluding hydrogens is 214 g/mol. The molecule has 4 N–H and O–H groups in total. The average molecular weight is 234 g/mol. The summed E-state index contributed by atoms with van der Waals surface area (Å²) < 4.78 is 0. The highest BCUT2D eigenvalue weighted by Crippen LogP contribution is 2.19. The molecule has 0 radical (unpaired) electrons. The molecule has 6 heteroatoms. The van der Waals surface area contributed by atoms with Gasteiger partial charge in [-0.15, -0.1) is 12.4 Å². The summed E-state index contributed by atoms with van der Waals surface area (Å²) >= 11 is 0. The molecule has 0 fully saturated rings. The van der Waals surface area contributed by atoms with Gasteiger partial charge in [-0.1, -0.05) is 13.3 Å². The fourth-order valence-corrected chi connectivity index (χ4v) is 1.53. The topological polar surface area (TPSA) is 80.0 Å². The van der Waals surface area contributed by atoms with Crippen LogP contribution in [0.4, 0.5) is 0 Å². The second-order valence-corrected chi connectivity index (χ2v) is 3.94. The molecule has 0 saturated heterocycles. The van der Waals surface area contributed by atoms with Crippen LogP contribution < -0.4 is 11.5 Å². The number of hydrogen-bond donors (Lipinski definition) is 2. The van der Waals surface area contributed by atoms with Gasteiger partial charge in [-0.2, -0.15) is 4.99 Å². The quantitative estimate of drug-likeness (QED) is 0.760. The molecule has 0 bridgehead atoms. The van der Waals surface area contributed by atoms with Crippen molar-refractivity contribution >= 4 is 24.3 Å². The van der Waals surface area contributed by atoms with Crippen LogP contribution in [-0.4, -0.2) is 29.0 Å². The molecule has 0 unspecified atom stereocenters. The van der Waals surface area contributed by atoms with Gasteiger partial charge in [-0.3, -0.25) is 0 Å². The SMILES string of the molecule is CCCCN1C(N)=NC(N)=NC1(C)C.Cl. The number of halogens is 1. The van der Waals surface area contributed by atoms with Crippen LogP contribution in [0.2, 0.25) is 0 Å². The van der Waals surface area contributed by atoms with Crippen molar-refractivity contribution in [2.45, 2.75) is 39.3 Å². The fraction of sp³-hybridized carbons (Fsp3) is 0.778. The van der Waals surface area contributed by atoms with Crippen LogP contribution in [-0.2, 0) is 0 Å². The molecule has 88 valence electrons. The van der Waals surface area contributed by atoms with E-state index in [0.29, 0.717) is 5.96 Å². The maximum absolute atomic E-state index is 5.80. The van der Waals surface area contributed by atoms with Crippen LogP contribution in [0.25, 0.3) is 0 Å². The predicted molar refractivity (Wildman–Crippen MR) is 66.2 cm³/mol. The molecule has 1 aliphatic heterocycles. The van der Waals surface area contributed by atoms with Crippen LogP contribution in [0, 0.1) is 0 Å². The first kappa shape index (κ1) is 14.0. The smallest absolute Gasteiger partial charge is 0.220 e. The Balaban J connectivity index is 0.00000196. The summed E-state index contributed by atoms with van der Waals surface area (Å²) in [4.78, 5) is 10.2. The third-order valence-electron chi connectivity index (χ3n) is 2.29. The van der Waals surface area contributed by atoms with E-state index < -0.39 is 0 Å². The fourth-order valence-electron chi connectivity index (χ4n) is 1.53. The van der Waals surface area contributed by atoms with Crippen molar-refractivity contribution in [3.8, 4) is 0 Å². The maximum Gasteiger partial charge on any atom is 0.220 e. The standard InChI is InChI=1S/C9H19N5.ClH/c1-4-5-6-14-8(11)12-7(10)13-9(14,2)3;/h4-6H2,1-3H3,(H4,10,11,12,13);1H. The van der Waals surface area contributed by atoms with Crippen molar-refractivity contribution in [2.24, 2.45) is 21.5 Å². The lowest BCUT2D eigenvalue weighted by Gasteiger charge is -2.38. The van der Waals surface area contributed by atoms with E-state index in [1.165, 1.54) is 0 Å². The zero-order valence-electron chi connectivity index (χ0n) is 9.53. The van der Waals surface area contributed by atoms with Crippen LogP contribution in [0.5, 0.6) is 0 Å². The van der Waals surface area contributed by atoms with Crippen molar-refractivity contribution in [1.82, 2.24) is 4.90 Å². The monoisotopic (exact) mass is 233 g/mol. The molecule has 1 rings (SSSR count). The number of unbranched alkanes of at least 4 members (excludes halogenated alkanes) is 1. The number of aliphatic imine (C=N–C) groups is 2. The molecule has 5 nitrogen and oxygen atoms in total. The molecule has 0 amide bonds. The normalized spacial score (nSPS) is 19.0. The molecule has 0 spiro atoms. The van der Waals surface area contributed by atoms with Gasteiger partial charge in [0.05, 0.1) is 0 Å². The van der Waals surface area contributed by atoms with E-state index in [0.717, 1.165) is 19.4 Å². The van der Waals surface area contributed by atoms with E-state index in [9.17, 15) is 0 Å². The highest BCUT2D eigenvalue weighted by atomic mass is 35.5. The first-order valence-corrected chi connectivity index (χ1v) is 4.94. The zero-order valence-corrected chi connectivity index (χ0v) is 10.3. The summed E-state index contributed by atoms with van der Waals surface area (Å²) in [6, 6.07) is 0. The molecule has 0 aromatic heterocycles. The Hall–Kier alpha value is -0.970. The lowest BCUT2D eigenvalue weighted by molar-refractivity contribution is 0.215. The first-order valence-electron chi connectivity index (χ1n) is 4.94. The van der Waals surface area contributed by atoms with Gasteiger partial charge in [0.25, 0.3) is 0 Å². The van der Waals surface area contributed by atoms with E-state index in [2.05, 4.69) is 16.9 Å². The molecule has 0 aliphatic carbocycles. The minimum atomic E-state index is -0.370. The van der Waals surface area contributed by atoms with Crippen LogP contribution in [0.15, 0.2) is 9.98 Å². The third-order valence-corrected chi connectivity index (χ3v) is 2.29. The number of rotatable bonds is 3. The Bertz CT molecular complexity index is 272. The largest absolute Gasteiger partial charge is 0.369 e. The highest BCUT2D eigenvalue weighted by molar-refractivity contribution is 5.95. The molecule has 1 heterocycles. The summed E-state index contributed by atoms with van der Waals surface area (Å²) in [5.74, 6) is 0.733. The van der Waals surface area contributed by atoms with Crippen LogP contribution >= 0.6 is 12.4 Å². The van der Waals surface area contributed by atoms with Gasteiger partial charge in [0.1, 0.15) is 5.66 Å². The lowest BCUT2D eigenvalue weighted by atomic mass is 10.2. The van der Waals surface area contributed by atoms with Gasteiger partial charge < -0.3 is 16.4 Å². The number of guanidine groups is 2. The molecule has 0 aromatic carbocycles. The minimum absolute atomic E-state index is 0. The average Bonchev–Trinajstić information content (AvgIpc) is 2.00. The van der Waals surface area contributed by atoms with Crippen molar-refractivity contribution in [1.29, 1.82) is 0 Å². The van der Waals surface area contributed by atoms with Crippen LogP contribution in [0.3, 0.4) is 0 Å². The summed E-state index contributed by atoms with van der Waals surface area (Å²) in [6.45, 7) is 6.98. The molecular formula is C9H20ClN5. The van der Waals surface area contributed by atoms with E-state index >= 15 is 0 Å². The number of nitrogens with two attached hydrogens (primary N) is 2. The summed E-state index contributed by atoms with van der Waals surface area (Å²) in [6.07, 6.45) is 2.20. The van der Waals surface area contributed by atoms with E-state index in [4.69, 9.17) is 11.5 Å². The van der Waals surface area contributed by atoms with Crippen molar-refractivity contribution in [2.75, 3.05) is 6.54 Å². The number of hydrogen-bond acceptors (Lipinski definition) is 5. The lowest BCUT2D eigenvalue weighted by Crippen LogP contribution is -2.54. The zero-order chi connectivity index (χ0) is 10.8. The van der Waals surface area contributed by atoms with Crippen LogP contribution in [0.1, 0.15) is 33.6 Å². The van der Waals surface area contributed by atoms with Gasteiger partial charge in [-0.05, 0) is 20.3 Å². The van der Waals surface area contributed by atoms with E-state index in [1.54, 1.807) is 0 Å². The Kier molecular flexibility index (Phi) is 4.87. The summed E-state index contributed by atoms with van der Waals surface area (Å²) in [5.41, 5.74) is 11.0. The second kappa shape index (κ2) is 5.21. The van der Waals surface area contributed by atoms with Crippen molar-refractivity contribution < 1.29 is 0 Å². The van der Waals surface area contributed by atoms with Gasteiger partial charge in [-0.25, -0.2) is 4.99 Å². The molecule has 0 aromatic rings. The highest BCUT2D eigenvalue weighted by Gasteiger charge is 2.30. The van der Waals surface area contributed by atoms with E-state index in [1.807, 2.05) is 18.7 Å². The summed E-state index contributed by atoms with van der Waals surface area (Å²) in [7, 11) is 0. The maximum atomic E-state index is 5.80. The van der Waals surface area contributed by atoms with Crippen molar-refractivity contribution in [3.05, 3.63) is 0 Å². The van der Waals surface area contributed by atoms with E-state index in [-0.39, 0.29) is 24.0 Å². The molecule has 0 saturated carbocycles. The van der Waals surface area contributed by atoms with Gasteiger partial charge in [0.15, 0.2) is 0 Å². The number of nitrogens with zero attached hydrogens (tertiary/aromatic N) is 3. The predicted octanol–water partition coefficient (Wildman–Crippen LogP) is 0.889. The molecule has 15 heavy (non-hydrogen) atoms. The Morgan fingerprint density at radius 3 is 2.40 bits per heavy atom. The minimum Gasteiger partial charge on any atom is -0.369 e. The summed E-state index contributed by atoms with van der Waals surface area (Å²) in [5, 5.41) is 0. The molecule has 0 atom stereocenters.